The van der Waals surface area contributed by atoms with Gasteiger partial charge in [0, 0.05) is 18.3 Å². The number of aromatic nitrogens is 3. The molecule has 0 spiro atoms. The van der Waals surface area contributed by atoms with E-state index in [9.17, 15) is 8.42 Å². The summed E-state index contributed by atoms with van der Waals surface area (Å²) in [6.07, 6.45) is 2.75. The van der Waals surface area contributed by atoms with E-state index in [1.165, 1.54) is 12.6 Å². The highest BCUT2D eigenvalue weighted by Crippen LogP contribution is 2.05. The van der Waals surface area contributed by atoms with Crippen molar-refractivity contribution in [2.24, 2.45) is 0 Å². The molecule has 1 N–H and O–H groups in total. The highest BCUT2D eigenvalue weighted by Gasteiger charge is 2.12. The third-order valence-corrected chi connectivity index (χ3v) is 3.40. The Bertz CT molecular complexity index is 453. The Kier molecular flexibility index (Phi) is 4.64. The Hall–Kier alpha value is -0.950. The van der Waals surface area contributed by atoms with Crippen LogP contribution in [0.1, 0.15) is 32.6 Å². The Balaban J connectivity index is 2.53. The van der Waals surface area contributed by atoms with E-state index in [-0.39, 0.29) is 17.8 Å². The Morgan fingerprint density at radius 2 is 2.06 bits per heavy atom. The fourth-order valence-corrected chi connectivity index (χ4v) is 2.64. The first-order valence-corrected chi connectivity index (χ1v) is 7.65. The number of hydrogen-bond donors (Lipinski definition) is 1. The van der Waals surface area contributed by atoms with Gasteiger partial charge in [-0.1, -0.05) is 0 Å². The summed E-state index contributed by atoms with van der Waals surface area (Å²) in [6.45, 7) is 6.42. The molecule has 0 bridgehead atoms. The predicted molar refractivity (Wildman–Crippen MR) is 66.4 cm³/mol. The molecule has 0 radical (unpaired) electrons. The van der Waals surface area contributed by atoms with Crippen molar-refractivity contribution in [1.82, 2.24) is 20.1 Å². The van der Waals surface area contributed by atoms with E-state index >= 15 is 0 Å². The average Bonchev–Trinajstić information content (AvgIpc) is 2.59. The van der Waals surface area contributed by atoms with Crippen LogP contribution in [0.4, 0.5) is 0 Å². The Morgan fingerprint density at radius 1 is 1.41 bits per heavy atom. The first-order chi connectivity index (χ1) is 7.79. The van der Waals surface area contributed by atoms with Crippen LogP contribution in [0.2, 0.25) is 0 Å². The maximum atomic E-state index is 11.1. The molecule has 0 fully saturated rings. The number of nitrogens with one attached hydrogen (secondary N) is 1. The van der Waals surface area contributed by atoms with Crippen LogP contribution in [0, 0.1) is 0 Å². The second-order valence-corrected chi connectivity index (χ2v) is 6.77. The number of nitrogens with zero attached hydrogens (tertiary/aromatic N) is 3. The highest BCUT2D eigenvalue weighted by atomic mass is 32.2. The van der Waals surface area contributed by atoms with Crippen LogP contribution in [-0.2, 0) is 16.4 Å². The summed E-state index contributed by atoms with van der Waals surface area (Å²) >= 11 is 0. The maximum Gasteiger partial charge on any atom is 0.148 e. The van der Waals surface area contributed by atoms with Gasteiger partial charge >= 0.3 is 0 Å². The normalized spacial score (nSPS) is 14.2. The van der Waals surface area contributed by atoms with E-state index in [0.29, 0.717) is 6.54 Å². The van der Waals surface area contributed by atoms with Crippen LogP contribution < -0.4 is 5.32 Å². The van der Waals surface area contributed by atoms with Crippen LogP contribution in [0.25, 0.3) is 0 Å². The zero-order valence-corrected chi connectivity index (χ0v) is 11.5. The second-order valence-electron chi connectivity index (χ2n) is 4.59. The molecule has 1 heterocycles. The molecule has 17 heavy (non-hydrogen) atoms. The minimum atomic E-state index is -2.95. The van der Waals surface area contributed by atoms with Crippen molar-refractivity contribution in [3.8, 4) is 0 Å². The smallest absolute Gasteiger partial charge is 0.148 e. The molecule has 0 saturated heterocycles. The molecule has 0 aromatic carbocycles. The van der Waals surface area contributed by atoms with E-state index in [1.54, 1.807) is 0 Å². The lowest BCUT2D eigenvalue weighted by Crippen LogP contribution is -2.33. The van der Waals surface area contributed by atoms with Gasteiger partial charge in [-0.05, 0) is 20.8 Å². The molecule has 1 aromatic heterocycles. The van der Waals surface area contributed by atoms with Crippen molar-refractivity contribution in [2.45, 2.75) is 39.4 Å². The lowest BCUT2D eigenvalue weighted by atomic mass is 10.3. The summed E-state index contributed by atoms with van der Waals surface area (Å²) in [4.78, 5) is 4.15. The fraction of sp³-hybridized carbons (Fsp3) is 0.800. The van der Waals surface area contributed by atoms with Crippen molar-refractivity contribution >= 4 is 9.84 Å². The summed E-state index contributed by atoms with van der Waals surface area (Å²) in [5.41, 5.74) is 0. The number of rotatable bonds is 6. The molecular weight excluding hydrogens is 240 g/mol. The third-order valence-electron chi connectivity index (χ3n) is 2.30. The lowest BCUT2D eigenvalue weighted by Gasteiger charge is -2.14. The molecular formula is C10H20N4O2S. The first kappa shape index (κ1) is 14.1. The van der Waals surface area contributed by atoms with Crippen LogP contribution in [0.15, 0.2) is 6.33 Å². The zero-order chi connectivity index (χ0) is 13.1. The van der Waals surface area contributed by atoms with Crippen molar-refractivity contribution in [3.63, 3.8) is 0 Å². The molecule has 1 atom stereocenters. The second kappa shape index (κ2) is 5.59. The van der Waals surface area contributed by atoms with Crippen molar-refractivity contribution in [1.29, 1.82) is 0 Å². The van der Waals surface area contributed by atoms with Crippen LogP contribution >= 0.6 is 0 Å². The van der Waals surface area contributed by atoms with Crippen molar-refractivity contribution in [2.75, 3.05) is 12.0 Å². The molecule has 1 aromatic rings. The maximum absolute atomic E-state index is 11.1. The third kappa shape index (κ3) is 4.82. The lowest BCUT2D eigenvalue weighted by molar-refractivity contribution is 0.476. The van der Waals surface area contributed by atoms with Gasteiger partial charge in [0.15, 0.2) is 0 Å². The molecule has 98 valence electrons. The van der Waals surface area contributed by atoms with Gasteiger partial charge in [0.1, 0.15) is 22.0 Å². The van der Waals surface area contributed by atoms with Gasteiger partial charge in [-0.2, -0.15) is 5.10 Å². The number of sulfone groups is 1. The first-order valence-electron chi connectivity index (χ1n) is 5.59. The summed E-state index contributed by atoms with van der Waals surface area (Å²) in [6, 6.07) is 0.154. The summed E-state index contributed by atoms with van der Waals surface area (Å²) in [7, 11) is -2.95. The summed E-state index contributed by atoms with van der Waals surface area (Å²) in [5.74, 6) is 0.948. The van der Waals surface area contributed by atoms with Crippen molar-refractivity contribution in [3.05, 3.63) is 12.2 Å². The topological polar surface area (TPSA) is 76.9 Å². The van der Waals surface area contributed by atoms with E-state index < -0.39 is 9.84 Å². The zero-order valence-electron chi connectivity index (χ0n) is 10.7. The largest absolute Gasteiger partial charge is 0.306 e. The van der Waals surface area contributed by atoms with E-state index in [2.05, 4.69) is 15.4 Å². The van der Waals surface area contributed by atoms with Crippen LogP contribution in [-0.4, -0.2) is 41.2 Å². The molecule has 0 aliphatic carbocycles. The quantitative estimate of drug-likeness (QED) is 0.800. The Labute approximate surface area is 102 Å². The van der Waals surface area contributed by atoms with E-state index in [0.717, 1.165) is 5.82 Å². The Morgan fingerprint density at radius 3 is 2.59 bits per heavy atom. The van der Waals surface area contributed by atoms with E-state index in [4.69, 9.17) is 0 Å². The van der Waals surface area contributed by atoms with Crippen LogP contribution in [0.5, 0.6) is 0 Å². The standard InChI is InChI=1S/C10H20N4O2S/c1-8(2)14-10(12-7-13-14)5-11-9(3)6-17(4,15)16/h7-9,11H,5-6H2,1-4H3. The van der Waals surface area contributed by atoms with Gasteiger partial charge in [0.25, 0.3) is 0 Å². The molecule has 0 saturated carbocycles. The fourth-order valence-electron chi connectivity index (χ4n) is 1.61. The predicted octanol–water partition coefficient (Wildman–Crippen LogP) is 0.382. The molecule has 7 heteroatoms. The number of hydrogen-bond acceptors (Lipinski definition) is 5. The minimum Gasteiger partial charge on any atom is -0.306 e. The van der Waals surface area contributed by atoms with Gasteiger partial charge in [-0.25, -0.2) is 18.1 Å². The van der Waals surface area contributed by atoms with Gasteiger partial charge in [0.2, 0.25) is 0 Å². The summed E-state index contributed by atoms with van der Waals surface area (Å²) in [5, 5.41) is 7.25. The van der Waals surface area contributed by atoms with E-state index in [1.807, 2.05) is 25.5 Å². The highest BCUT2D eigenvalue weighted by molar-refractivity contribution is 7.90. The van der Waals surface area contributed by atoms with Crippen LogP contribution in [0.3, 0.4) is 0 Å². The molecule has 0 aliphatic rings. The van der Waals surface area contributed by atoms with Gasteiger partial charge in [-0.3, -0.25) is 0 Å². The molecule has 6 nitrogen and oxygen atoms in total. The summed E-state index contributed by atoms with van der Waals surface area (Å²) < 4.78 is 24.0. The minimum absolute atomic E-state index is 0.0951. The average molecular weight is 260 g/mol. The monoisotopic (exact) mass is 260 g/mol. The van der Waals surface area contributed by atoms with Gasteiger partial charge < -0.3 is 5.32 Å². The van der Waals surface area contributed by atoms with Gasteiger partial charge in [0.05, 0.1) is 12.3 Å². The molecule has 0 aliphatic heterocycles. The SMILES string of the molecule is CC(CS(C)(=O)=O)NCc1ncnn1C(C)C. The van der Waals surface area contributed by atoms with Gasteiger partial charge in [-0.15, -0.1) is 0 Å². The molecule has 1 rings (SSSR count). The molecule has 0 amide bonds. The van der Waals surface area contributed by atoms with Crippen molar-refractivity contribution < 1.29 is 8.42 Å². The molecule has 1 unspecified atom stereocenters.